The van der Waals surface area contributed by atoms with Crippen molar-refractivity contribution in [2.24, 2.45) is 5.73 Å². The van der Waals surface area contributed by atoms with Gasteiger partial charge in [0.25, 0.3) is 0 Å². The van der Waals surface area contributed by atoms with Gasteiger partial charge in [0.2, 0.25) is 0 Å². The molecule has 0 aliphatic carbocycles. The van der Waals surface area contributed by atoms with Crippen LogP contribution in [-0.2, 0) is 11.2 Å². The largest absolute Gasteiger partial charge is 0.382 e. The molecule has 1 atom stereocenters. The van der Waals surface area contributed by atoms with Crippen LogP contribution in [0.4, 0.5) is 4.39 Å². The Labute approximate surface area is 101 Å². The van der Waals surface area contributed by atoms with E-state index in [4.69, 9.17) is 22.1 Å². The van der Waals surface area contributed by atoms with Gasteiger partial charge in [-0.3, -0.25) is 0 Å². The van der Waals surface area contributed by atoms with Gasteiger partial charge < -0.3 is 10.5 Å². The Morgan fingerprint density at radius 3 is 2.88 bits per heavy atom. The molecule has 2 N–H and O–H groups in total. The number of ether oxygens (including phenoxy) is 1. The predicted molar refractivity (Wildman–Crippen MR) is 64.2 cm³/mol. The van der Waals surface area contributed by atoms with E-state index in [9.17, 15) is 4.39 Å². The van der Waals surface area contributed by atoms with Crippen molar-refractivity contribution >= 4 is 11.6 Å². The van der Waals surface area contributed by atoms with Crippen molar-refractivity contribution in [3.8, 4) is 0 Å². The van der Waals surface area contributed by atoms with E-state index >= 15 is 0 Å². The quantitative estimate of drug-likeness (QED) is 0.783. The first-order valence-corrected chi connectivity index (χ1v) is 5.78. The fourth-order valence-corrected chi connectivity index (χ4v) is 1.57. The van der Waals surface area contributed by atoms with Crippen LogP contribution in [0.3, 0.4) is 0 Å². The molecule has 0 saturated heterocycles. The average Bonchev–Trinajstić information content (AvgIpc) is 2.24. The molecule has 0 saturated carbocycles. The Morgan fingerprint density at radius 2 is 2.25 bits per heavy atom. The Morgan fingerprint density at radius 1 is 1.50 bits per heavy atom. The summed E-state index contributed by atoms with van der Waals surface area (Å²) in [6.07, 6.45) is 1.42. The van der Waals surface area contributed by atoms with Gasteiger partial charge in [0.15, 0.2) is 0 Å². The summed E-state index contributed by atoms with van der Waals surface area (Å²) in [6.45, 7) is 3.29. The minimum atomic E-state index is -0.392. The van der Waals surface area contributed by atoms with Crippen LogP contribution in [0.25, 0.3) is 0 Å². The van der Waals surface area contributed by atoms with Crippen molar-refractivity contribution in [1.29, 1.82) is 0 Å². The molecular formula is C12H17ClFNO. The highest BCUT2D eigenvalue weighted by Crippen LogP contribution is 2.16. The second kappa shape index (κ2) is 6.84. The van der Waals surface area contributed by atoms with Crippen molar-refractivity contribution in [1.82, 2.24) is 0 Å². The van der Waals surface area contributed by atoms with Crippen LogP contribution in [0.1, 0.15) is 18.9 Å². The maximum atomic E-state index is 13.1. The van der Waals surface area contributed by atoms with E-state index < -0.39 is 5.82 Å². The molecule has 0 fully saturated rings. The summed E-state index contributed by atoms with van der Waals surface area (Å²) in [5.41, 5.74) is 6.77. The topological polar surface area (TPSA) is 35.2 Å². The first-order chi connectivity index (χ1) is 7.63. The fraction of sp³-hybridized carbons (Fsp3) is 0.500. The SMILES string of the molecule is CCOCCC(N)Cc1ccc(Cl)c(F)c1. The highest BCUT2D eigenvalue weighted by atomic mass is 35.5. The summed E-state index contributed by atoms with van der Waals surface area (Å²) in [5.74, 6) is -0.392. The van der Waals surface area contributed by atoms with Gasteiger partial charge >= 0.3 is 0 Å². The summed E-state index contributed by atoms with van der Waals surface area (Å²) in [7, 11) is 0. The lowest BCUT2D eigenvalue weighted by molar-refractivity contribution is 0.140. The zero-order chi connectivity index (χ0) is 12.0. The molecular weight excluding hydrogens is 229 g/mol. The standard InChI is InChI=1S/C12H17ClFNO/c1-2-16-6-5-10(15)7-9-3-4-11(13)12(14)8-9/h3-4,8,10H,2,5-7,15H2,1H3. The highest BCUT2D eigenvalue weighted by molar-refractivity contribution is 6.30. The van der Waals surface area contributed by atoms with Gasteiger partial charge in [0.05, 0.1) is 5.02 Å². The Hall–Kier alpha value is -0.640. The molecule has 0 heterocycles. The zero-order valence-corrected chi connectivity index (χ0v) is 10.1. The average molecular weight is 246 g/mol. The van der Waals surface area contributed by atoms with Gasteiger partial charge in [-0.15, -0.1) is 0 Å². The summed E-state index contributed by atoms with van der Waals surface area (Å²) in [4.78, 5) is 0. The Kier molecular flexibility index (Phi) is 5.74. The van der Waals surface area contributed by atoms with Crippen LogP contribution in [-0.4, -0.2) is 19.3 Å². The molecule has 1 aromatic rings. The van der Waals surface area contributed by atoms with E-state index in [2.05, 4.69) is 0 Å². The number of halogens is 2. The number of rotatable bonds is 6. The van der Waals surface area contributed by atoms with E-state index in [1.165, 1.54) is 6.07 Å². The summed E-state index contributed by atoms with van der Waals surface area (Å²) in [6, 6.07) is 4.78. The number of benzene rings is 1. The monoisotopic (exact) mass is 245 g/mol. The minimum absolute atomic E-state index is 0.00729. The van der Waals surface area contributed by atoms with Crippen molar-refractivity contribution in [2.45, 2.75) is 25.8 Å². The smallest absolute Gasteiger partial charge is 0.142 e. The molecule has 2 nitrogen and oxygen atoms in total. The van der Waals surface area contributed by atoms with Crippen LogP contribution in [0, 0.1) is 5.82 Å². The fourth-order valence-electron chi connectivity index (χ4n) is 1.45. The summed E-state index contributed by atoms with van der Waals surface area (Å²) >= 11 is 5.59. The first kappa shape index (κ1) is 13.4. The molecule has 1 unspecified atom stereocenters. The zero-order valence-electron chi connectivity index (χ0n) is 9.38. The third-order valence-corrected chi connectivity index (χ3v) is 2.63. The highest BCUT2D eigenvalue weighted by Gasteiger charge is 2.06. The van der Waals surface area contributed by atoms with E-state index in [-0.39, 0.29) is 11.1 Å². The molecule has 0 aromatic heterocycles. The van der Waals surface area contributed by atoms with Crippen LogP contribution < -0.4 is 5.73 Å². The number of hydrogen-bond acceptors (Lipinski definition) is 2. The van der Waals surface area contributed by atoms with Crippen LogP contribution in [0.2, 0.25) is 5.02 Å². The number of nitrogens with two attached hydrogens (primary N) is 1. The van der Waals surface area contributed by atoms with Crippen LogP contribution >= 0.6 is 11.6 Å². The minimum Gasteiger partial charge on any atom is -0.382 e. The van der Waals surface area contributed by atoms with Gasteiger partial charge in [-0.2, -0.15) is 0 Å². The van der Waals surface area contributed by atoms with Crippen LogP contribution in [0.5, 0.6) is 0 Å². The second-order valence-corrected chi connectivity index (χ2v) is 4.11. The second-order valence-electron chi connectivity index (χ2n) is 3.70. The van der Waals surface area contributed by atoms with Crippen LogP contribution in [0.15, 0.2) is 18.2 Å². The molecule has 16 heavy (non-hydrogen) atoms. The Bertz CT molecular complexity index is 333. The van der Waals surface area contributed by atoms with Gasteiger partial charge in [0, 0.05) is 19.3 Å². The maximum Gasteiger partial charge on any atom is 0.142 e. The van der Waals surface area contributed by atoms with Gasteiger partial charge in [0.1, 0.15) is 5.82 Å². The maximum absolute atomic E-state index is 13.1. The van der Waals surface area contributed by atoms with E-state index in [1.54, 1.807) is 12.1 Å². The summed E-state index contributed by atoms with van der Waals surface area (Å²) in [5, 5.41) is 0.145. The molecule has 0 aliphatic rings. The lowest BCUT2D eigenvalue weighted by Gasteiger charge is -2.11. The van der Waals surface area contributed by atoms with Crippen molar-refractivity contribution < 1.29 is 9.13 Å². The van der Waals surface area contributed by atoms with Crippen molar-refractivity contribution in [2.75, 3.05) is 13.2 Å². The predicted octanol–water partition coefficient (Wildman–Crippen LogP) is 2.78. The van der Waals surface area contributed by atoms with Gasteiger partial charge in [-0.25, -0.2) is 4.39 Å². The molecule has 0 amide bonds. The Balaban J connectivity index is 2.43. The van der Waals surface area contributed by atoms with Gasteiger partial charge in [-0.05, 0) is 37.5 Å². The molecule has 0 bridgehead atoms. The third kappa shape index (κ3) is 4.47. The number of hydrogen-bond donors (Lipinski definition) is 1. The van der Waals surface area contributed by atoms with E-state index in [0.717, 1.165) is 12.0 Å². The lowest BCUT2D eigenvalue weighted by atomic mass is 10.0. The van der Waals surface area contributed by atoms with Crippen molar-refractivity contribution in [3.63, 3.8) is 0 Å². The first-order valence-electron chi connectivity index (χ1n) is 5.40. The molecule has 0 aliphatic heterocycles. The molecule has 1 aromatic carbocycles. The van der Waals surface area contributed by atoms with Crippen molar-refractivity contribution in [3.05, 3.63) is 34.6 Å². The summed E-state index contributed by atoms with van der Waals surface area (Å²) < 4.78 is 18.3. The van der Waals surface area contributed by atoms with E-state index in [0.29, 0.717) is 19.6 Å². The van der Waals surface area contributed by atoms with E-state index in [1.807, 2.05) is 6.92 Å². The van der Waals surface area contributed by atoms with Gasteiger partial charge in [-0.1, -0.05) is 17.7 Å². The molecule has 0 radical (unpaired) electrons. The molecule has 0 spiro atoms. The molecule has 90 valence electrons. The molecule has 4 heteroatoms. The lowest BCUT2D eigenvalue weighted by Crippen LogP contribution is -2.24. The molecule has 1 rings (SSSR count). The normalized spacial score (nSPS) is 12.8. The third-order valence-electron chi connectivity index (χ3n) is 2.32.